The van der Waals surface area contributed by atoms with Crippen LogP contribution in [0, 0.1) is 17.6 Å². The molecule has 1 heterocycles. The molecule has 2 aromatic rings. The van der Waals surface area contributed by atoms with Crippen LogP contribution in [0.1, 0.15) is 18.5 Å². The van der Waals surface area contributed by atoms with Crippen LogP contribution in [0.2, 0.25) is 0 Å². The number of benzene rings is 2. The van der Waals surface area contributed by atoms with Crippen LogP contribution in [0.15, 0.2) is 40.9 Å². The predicted molar refractivity (Wildman–Crippen MR) is 81.5 cm³/mol. The molecule has 110 valence electrons. The molecule has 0 bridgehead atoms. The average molecular weight is 354 g/mol. The van der Waals surface area contributed by atoms with Crippen molar-refractivity contribution in [3.8, 4) is 5.75 Å². The lowest BCUT2D eigenvalue weighted by molar-refractivity contribution is 0.214. The monoisotopic (exact) mass is 353 g/mol. The minimum atomic E-state index is -0.494. The summed E-state index contributed by atoms with van der Waals surface area (Å²) in [5.74, 6) is -0.0524. The Bertz CT molecular complexity index is 677. The van der Waals surface area contributed by atoms with Gasteiger partial charge in [-0.05, 0) is 28.1 Å². The van der Waals surface area contributed by atoms with Crippen molar-refractivity contribution in [1.82, 2.24) is 0 Å². The topological polar surface area (TPSA) is 21.3 Å². The van der Waals surface area contributed by atoms with Gasteiger partial charge < -0.3 is 10.1 Å². The van der Waals surface area contributed by atoms with Gasteiger partial charge in [0.1, 0.15) is 17.4 Å². The minimum absolute atomic E-state index is 0.117. The lowest BCUT2D eigenvalue weighted by Crippen LogP contribution is -2.29. The van der Waals surface area contributed by atoms with Crippen molar-refractivity contribution in [2.45, 2.75) is 13.0 Å². The number of hydrogen-bond donors (Lipinski definition) is 1. The third kappa shape index (κ3) is 2.75. The van der Waals surface area contributed by atoms with Crippen molar-refractivity contribution in [3.05, 3.63) is 58.1 Å². The summed E-state index contributed by atoms with van der Waals surface area (Å²) in [5, 5.41) is 3.11. The highest BCUT2D eigenvalue weighted by molar-refractivity contribution is 9.10. The molecule has 0 fully saturated rings. The molecule has 2 nitrogen and oxygen atoms in total. The Kier molecular flexibility index (Phi) is 3.85. The molecule has 0 saturated heterocycles. The number of rotatable bonds is 2. The maximum atomic E-state index is 14.0. The molecule has 0 spiro atoms. The summed E-state index contributed by atoms with van der Waals surface area (Å²) >= 11 is 2.98. The third-order valence-corrected chi connectivity index (χ3v) is 4.25. The zero-order chi connectivity index (χ0) is 15.0. The van der Waals surface area contributed by atoms with E-state index in [0.717, 1.165) is 17.4 Å². The summed E-state index contributed by atoms with van der Waals surface area (Å²) in [6.07, 6.45) is 0. The highest BCUT2D eigenvalue weighted by atomic mass is 79.9. The van der Waals surface area contributed by atoms with Gasteiger partial charge in [0.15, 0.2) is 0 Å². The Labute approximate surface area is 130 Å². The first kappa shape index (κ1) is 14.3. The maximum absolute atomic E-state index is 14.0. The second-order valence-electron chi connectivity index (χ2n) is 5.19. The van der Waals surface area contributed by atoms with Crippen molar-refractivity contribution >= 4 is 21.6 Å². The zero-order valence-corrected chi connectivity index (χ0v) is 13.0. The first-order valence-corrected chi connectivity index (χ1v) is 7.48. The standard InChI is InChI=1S/C16H14BrF2NO/c1-9-8-21-15-5-3-2-4-10(15)16(9)20-14-7-12(18)11(17)6-13(14)19/h2-7,9,16,20H,8H2,1H3. The molecule has 0 aliphatic carbocycles. The molecule has 1 N–H and O–H groups in total. The van der Waals surface area contributed by atoms with Gasteiger partial charge in [0.2, 0.25) is 0 Å². The number of anilines is 1. The second-order valence-corrected chi connectivity index (χ2v) is 6.05. The molecule has 0 radical (unpaired) electrons. The molecular weight excluding hydrogens is 340 g/mol. The number of hydrogen-bond acceptors (Lipinski definition) is 2. The fourth-order valence-electron chi connectivity index (χ4n) is 2.51. The minimum Gasteiger partial charge on any atom is -0.493 e. The third-order valence-electron chi connectivity index (χ3n) is 3.65. The molecule has 0 amide bonds. The number of ether oxygens (including phenoxy) is 1. The molecule has 2 unspecified atom stereocenters. The summed E-state index contributed by atoms with van der Waals surface area (Å²) < 4.78 is 33.4. The van der Waals surface area contributed by atoms with Crippen molar-refractivity contribution in [3.63, 3.8) is 0 Å². The van der Waals surface area contributed by atoms with Gasteiger partial charge >= 0.3 is 0 Å². The Morgan fingerprint density at radius 3 is 2.76 bits per heavy atom. The first-order chi connectivity index (χ1) is 10.1. The highest BCUT2D eigenvalue weighted by Gasteiger charge is 2.28. The summed E-state index contributed by atoms with van der Waals surface area (Å²) in [6, 6.07) is 9.81. The van der Waals surface area contributed by atoms with Gasteiger partial charge in [-0.3, -0.25) is 0 Å². The quantitative estimate of drug-likeness (QED) is 0.774. The van der Waals surface area contributed by atoms with Crippen molar-refractivity contribution < 1.29 is 13.5 Å². The number of nitrogens with one attached hydrogen (secondary N) is 1. The van der Waals surface area contributed by atoms with Crippen LogP contribution in [0.4, 0.5) is 14.5 Å². The van der Waals surface area contributed by atoms with E-state index >= 15 is 0 Å². The fourth-order valence-corrected chi connectivity index (χ4v) is 2.83. The molecule has 21 heavy (non-hydrogen) atoms. The molecule has 1 aliphatic rings. The van der Waals surface area contributed by atoms with Gasteiger partial charge in [0.05, 0.1) is 22.8 Å². The first-order valence-electron chi connectivity index (χ1n) is 6.69. The Hall–Kier alpha value is -1.62. The summed E-state index contributed by atoms with van der Waals surface area (Å²) in [4.78, 5) is 0. The number of halogens is 3. The Morgan fingerprint density at radius 1 is 1.19 bits per heavy atom. The molecule has 1 aliphatic heterocycles. The van der Waals surface area contributed by atoms with E-state index in [1.54, 1.807) is 0 Å². The van der Waals surface area contributed by atoms with Crippen LogP contribution in [-0.4, -0.2) is 6.61 Å². The van der Waals surface area contributed by atoms with E-state index in [9.17, 15) is 8.78 Å². The fraction of sp³-hybridized carbons (Fsp3) is 0.250. The SMILES string of the molecule is CC1COc2ccccc2C1Nc1cc(F)c(Br)cc1F. The van der Waals surface area contributed by atoms with Crippen LogP contribution in [-0.2, 0) is 0 Å². The van der Waals surface area contributed by atoms with Gasteiger partial charge in [-0.2, -0.15) is 0 Å². The molecular formula is C16H14BrF2NO. The van der Waals surface area contributed by atoms with Crippen LogP contribution >= 0.6 is 15.9 Å². The van der Waals surface area contributed by atoms with Gasteiger partial charge in [0, 0.05) is 17.5 Å². The summed E-state index contributed by atoms with van der Waals surface area (Å²) in [5.41, 5.74) is 1.11. The molecule has 0 aromatic heterocycles. The van der Waals surface area contributed by atoms with E-state index in [4.69, 9.17) is 4.74 Å². The molecule has 2 aromatic carbocycles. The van der Waals surface area contributed by atoms with Crippen LogP contribution in [0.25, 0.3) is 0 Å². The Morgan fingerprint density at radius 2 is 1.95 bits per heavy atom. The van der Waals surface area contributed by atoms with Gasteiger partial charge in [0.25, 0.3) is 0 Å². The lowest BCUT2D eigenvalue weighted by Gasteiger charge is -2.32. The molecule has 5 heteroatoms. The zero-order valence-electron chi connectivity index (χ0n) is 11.4. The van der Waals surface area contributed by atoms with Crippen molar-refractivity contribution in [1.29, 1.82) is 0 Å². The van der Waals surface area contributed by atoms with E-state index in [0.29, 0.717) is 6.61 Å². The largest absolute Gasteiger partial charge is 0.493 e. The number of fused-ring (bicyclic) bond motifs is 1. The molecule has 2 atom stereocenters. The second kappa shape index (κ2) is 5.64. The van der Waals surface area contributed by atoms with Crippen molar-refractivity contribution in [2.75, 3.05) is 11.9 Å². The average Bonchev–Trinajstić information content (AvgIpc) is 2.47. The van der Waals surface area contributed by atoms with Crippen LogP contribution in [0.3, 0.4) is 0 Å². The maximum Gasteiger partial charge on any atom is 0.147 e. The van der Waals surface area contributed by atoms with E-state index in [2.05, 4.69) is 21.2 Å². The summed E-state index contributed by atoms with van der Waals surface area (Å²) in [7, 11) is 0. The molecule has 0 saturated carbocycles. The predicted octanol–water partition coefficient (Wildman–Crippen LogP) is 4.91. The van der Waals surface area contributed by atoms with Gasteiger partial charge in [-0.25, -0.2) is 8.78 Å². The number of para-hydroxylation sites is 1. The highest BCUT2D eigenvalue weighted by Crippen LogP contribution is 2.38. The Balaban J connectivity index is 1.96. The summed E-state index contributed by atoms with van der Waals surface area (Å²) in [6.45, 7) is 2.55. The van der Waals surface area contributed by atoms with E-state index < -0.39 is 11.6 Å². The van der Waals surface area contributed by atoms with E-state index in [1.165, 1.54) is 6.07 Å². The molecule has 3 rings (SSSR count). The normalized spacial score (nSPS) is 20.6. The van der Waals surface area contributed by atoms with Crippen LogP contribution in [0.5, 0.6) is 5.75 Å². The lowest BCUT2D eigenvalue weighted by atomic mass is 9.92. The van der Waals surface area contributed by atoms with Crippen molar-refractivity contribution in [2.24, 2.45) is 5.92 Å². The van der Waals surface area contributed by atoms with E-state index in [1.807, 2.05) is 31.2 Å². The van der Waals surface area contributed by atoms with E-state index in [-0.39, 0.29) is 22.1 Å². The van der Waals surface area contributed by atoms with Gasteiger partial charge in [-0.1, -0.05) is 25.1 Å². The van der Waals surface area contributed by atoms with Gasteiger partial charge in [-0.15, -0.1) is 0 Å². The van der Waals surface area contributed by atoms with Crippen LogP contribution < -0.4 is 10.1 Å². The smallest absolute Gasteiger partial charge is 0.147 e.